The molecule has 23 heavy (non-hydrogen) atoms. The van der Waals surface area contributed by atoms with E-state index in [4.69, 9.17) is 0 Å². The van der Waals surface area contributed by atoms with Crippen molar-refractivity contribution in [3.05, 3.63) is 65.6 Å². The molecule has 0 saturated heterocycles. The summed E-state index contributed by atoms with van der Waals surface area (Å²) in [7, 11) is 0. The van der Waals surface area contributed by atoms with Crippen LogP contribution in [-0.4, -0.2) is 20.2 Å². The van der Waals surface area contributed by atoms with Crippen LogP contribution in [0.2, 0.25) is 0 Å². The molecule has 1 aromatic carbocycles. The van der Waals surface area contributed by atoms with Gasteiger partial charge in [0.05, 0.1) is 18.4 Å². The van der Waals surface area contributed by atoms with Gasteiger partial charge in [-0.25, -0.2) is 0 Å². The molecule has 0 aliphatic heterocycles. The molecule has 3 rings (SSSR count). The van der Waals surface area contributed by atoms with Crippen molar-refractivity contribution < 1.29 is 0 Å². The van der Waals surface area contributed by atoms with E-state index in [2.05, 4.69) is 62.8 Å². The van der Waals surface area contributed by atoms with E-state index < -0.39 is 0 Å². The zero-order valence-corrected chi connectivity index (χ0v) is 13.1. The Labute approximate surface area is 135 Å². The lowest BCUT2D eigenvalue weighted by molar-refractivity contribution is 0.934. The van der Waals surface area contributed by atoms with Crippen LogP contribution >= 0.6 is 0 Å². The van der Waals surface area contributed by atoms with Gasteiger partial charge in [-0.15, -0.1) is 5.10 Å². The van der Waals surface area contributed by atoms with Crippen molar-refractivity contribution in [2.45, 2.75) is 20.4 Å². The maximum atomic E-state index is 4.43. The van der Waals surface area contributed by atoms with Crippen molar-refractivity contribution in [1.29, 1.82) is 0 Å². The van der Waals surface area contributed by atoms with Gasteiger partial charge in [0.15, 0.2) is 5.82 Å². The maximum absolute atomic E-state index is 4.43. The van der Waals surface area contributed by atoms with E-state index in [-0.39, 0.29) is 0 Å². The largest absolute Gasteiger partial charge is 0.347 e. The van der Waals surface area contributed by atoms with Crippen molar-refractivity contribution >= 4 is 17.5 Å². The molecule has 2 aromatic heterocycles. The molecule has 0 amide bonds. The van der Waals surface area contributed by atoms with Crippen LogP contribution in [0.5, 0.6) is 0 Å². The molecule has 0 aliphatic rings. The number of hydrogen-bond donors (Lipinski definition) is 2. The van der Waals surface area contributed by atoms with Crippen molar-refractivity contribution in [2.75, 3.05) is 10.6 Å². The molecular weight excluding hydrogens is 288 g/mol. The standard InChI is InChI=1S/C17H18N6/c1-12-6-7-13(2)15(9-12)21-16-11-20-23-17(22-16)19-10-14-5-3-4-8-18-14/h3-9,11H,10H2,1-2H3,(H2,19,21,22,23). The molecule has 6 nitrogen and oxygen atoms in total. The van der Waals surface area contributed by atoms with Crippen LogP contribution in [-0.2, 0) is 6.54 Å². The quantitative estimate of drug-likeness (QED) is 0.753. The minimum absolute atomic E-state index is 0.464. The average Bonchev–Trinajstić information content (AvgIpc) is 2.58. The first-order chi connectivity index (χ1) is 11.2. The zero-order valence-electron chi connectivity index (χ0n) is 13.1. The van der Waals surface area contributed by atoms with Gasteiger partial charge in [-0.1, -0.05) is 18.2 Å². The van der Waals surface area contributed by atoms with Crippen LogP contribution in [0.25, 0.3) is 0 Å². The fourth-order valence-electron chi connectivity index (χ4n) is 2.12. The third-order valence-electron chi connectivity index (χ3n) is 3.37. The van der Waals surface area contributed by atoms with Gasteiger partial charge in [0, 0.05) is 11.9 Å². The minimum atomic E-state index is 0.464. The van der Waals surface area contributed by atoms with Gasteiger partial charge in [0.2, 0.25) is 5.95 Å². The highest BCUT2D eigenvalue weighted by molar-refractivity contribution is 5.61. The molecule has 2 heterocycles. The van der Waals surface area contributed by atoms with Crippen LogP contribution < -0.4 is 10.6 Å². The number of nitrogens with one attached hydrogen (secondary N) is 2. The first kappa shape index (κ1) is 14.9. The normalized spacial score (nSPS) is 10.3. The molecule has 3 aromatic rings. The number of hydrogen-bond acceptors (Lipinski definition) is 6. The Morgan fingerprint density at radius 3 is 2.83 bits per heavy atom. The summed E-state index contributed by atoms with van der Waals surface area (Å²) in [5.41, 5.74) is 4.27. The van der Waals surface area contributed by atoms with Crippen LogP contribution in [0.3, 0.4) is 0 Å². The summed E-state index contributed by atoms with van der Waals surface area (Å²) in [4.78, 5) is 8.68. The highest BCUT2D eigenvalue weighted by Crippen LogP contribution is 2.20. The molecule has 2 N–H and O–H groups in total. The second kappa shape index (κ2) is 6.83. The molecule has 0 aliphatic carbocycles. The average molecular weight is 306 g/mol. The molecule has 0 spiro atoms. The number of rotatable bonds is 5. The zero-order chi connectivity index (χ0) is 16.1. The van der Waals surface area contributed by atoms with Gasteiger partial charge >= 0.3 is 0 Å². The summed E-state index contributed by atoms with van der Waals surface area (Å²) in [5, 5.41) is 14.4. The molecule has 0 radical (unpaired) electrons. The Morgan fingerprint density at radius 2 is 2.00 bits per heavy atom. The molecule has 0 unspecified atom stereocenters. The van der Waals surface area contributed by atoms with Crippen molar-refractivity contribution in [3.63, 3.8) is 0 Å². The predicted octanol–water partition coefficient (Wildman–Crippen LogP) is 3.24. The molecule has 6 heteroatoms. The maximum Gasteiger partial charge on any atom is 0.245 e. The molecular formula is C17H18N6. The lowest BCUT2D eigenvalue weighted by Gasteiger charge is -2.10. The van der Waals surface area contributed by atoms with E-state index in [9.17, 15) is 0 Å². The third kappa shape index (κ3) is 4.00. The Morgan fingerprint density at radius 1 is 1.09 bits per heavy atom. The SMILES string of the molecule is Cc1ccc(C)c(Nc2cnnc(NCc3ccccn3)n2)c1. The van der Waals surface area contributed by atoms with E-state index in [0.717, 1.165) is 16.9 Å². The lowest BCUT2D eigenvalue weighted by atomic mass is 10.1. The molecule has 0 saturated carbocycles. The summed E-state index contributed by atoms with van der Waals surface area (Å²) < 4.78 is 0. The summed E-state index contributed by atoms with van der Waals surface area (Å²) >= 11 is 0. The minimum Gasteiger partial charge on any atom is -0.347 e. The topological polar surface area (TPSA) is 75.6 Å². The van der Waals surface area contributed by atoms with Gasteiger partial charge in [-0.2, -0.15) is 10.1 Å². The number of anilines is 3. The van der Waals surface area contributed by atoms with Crippen LogP contribution in [0.1, 0.15) is 16.8 Å². The van der Waals surface area contributed by atoms with Crippen LogP contribution in [0.15, 0.2) is 48.8 Å². The Kier molecular flexibility index (Phi) is 4.42. The fourth-order valence-corrected chi connectivity index (χ4v) is 2.12. The van der Waals surface area contributed by atoms with Crippen molar-refractivity contribution in [2.24, 2.45) is 0 Å². The number of aryl methyl sites for hydroxylation is 2. The first-order valence-electron chi connectivity index (χ1n) is 7.38. The first-order valence-corrected chi connectivity index (χ1v) is 7.38. The Balaban J connectivity index is 1.71. The number of nitrogens with zero attached hydrogens (tertiary/aromatic N) is 4. The summed E-state index contributed by atoms with van der Waals surface area (Å²) in [6.45, 7) is 4.66. The summed E-state index contributed by atoms with van der Waals surface area (Å²) in [6, 6.07) is 12.0. The van der Waals surface area contributed by atoms with Gasteiger partial charge in [0.25, 0.3) is 0 Å². The number of aromatic nitrogens is 4. The number of pyridine rings is 1. The summed E-state index contributed by atoms with van der Waals surface area (Å²) in [5.74, 6) is 1.11. The van der Waals surface area contributed by atoms with Gasteiger partial charge in [0.1, 0.15) is 0 Å². The molecule has 116 valence electrons. The van der Waals surface area contributed by atoms with E-state index in [1.54, 1.807) is 12.4 Å². The van der Waals surface area contributed by atoms with Crippen molar-refractivity contribution in [1.82, 2.24) is 20.2 Å². The lowest BCUT2D eigenvalue weighted by Crippen LogP contribution is -2.07. The molecule has 0 atom stereocenters. The predicted molar refractivity (Wildman–Crippen MR) is 90.6 cm³/mol. The second-order valence-electron chi connectivity index (χ2n) is 5.28. The van der Waals surface area contributed by atoms with Gasteiger partial charge in [-0.05, 0) is 43.2 Å². The Hall–Kier alpha value is -3.02. The summed E-state index contributed by atoms with van der Waals surface area (Å²) in [6.07, 6.45) is 3.36. The van der Waals surface area contributed by atoms with Gasteiger partial charge in [-0.3, -0.25) is 4.98 Å². The fraction of sp³-hybridized carbons (Fsp3) is 0.176. The monoisotopic (exact) mass is 306 g/mol. The highest BCUT2D eigenvalue weighted by atomic mass is 15.3. The third-order valence-corrected chi connectivity index (χ3v) is 3.37. The number of benzene rings is 1. The van der Waals surface area contributed by atoms with E-state index in [1.165, 1.54) is 5.56 Å². The van der Waals surface area contributed by atoms with E-state index in [0.29, 0.717) is 18.3 Å². The Bertz CT molecular complexity index is 788. The van der Waals surface area contributed by atoms with Gasteiger partial charge < -0.3 is 10.6 Å². The van der Waals surface area contributed by atoms with E-state index in [1.807, 2.05) is 18.2 Å². The smallest absolute Gasteiger partial charge is 0.245 e. The second-order valence-corrected chi connectivity index (χ2v) is 5.28. The van der Waals surface area contributed by atoms with Crippen LogP contribution in [0, 0.1) is 13.8 Å². The van der Waals surface area contributed by atoms with Crippen molar-refractivity contribution in [3.8, 4) is 0 Å². The van der Waals surface area contributed by atoms with Crippen LogP contribution in [0.4, 0.5) is 17.5 Å². The van der Waals surface area contributed by atoms with E-state index >= 15 is 0 Å². The highest BCUT2D eigenvalue weighted by Gasteiger charge is 2.04. The molecule has 0 bridgehead atoms. The molecule has 0 fully saturated rings.